The first kappa shape index (κ1) is 13.1. The monoisotopic (exact) mass is 266 g/mol. The van der Waals surface area contributed by atoms with Crippen molar-refractivity contribution in [3.8, 4) is 5.75 Å². The van der Waals surface area contributed by atoms with Crippen LogP contribution in [0.4, 0.5) is 0 Å². The molecule has 0 aliphatic carbocycles. The third-order valence-electron chi connectivity index (χ3n) is 2.93. The lowest BCUT2D eigenvalue weighted by Crippen LogP contribution is -2.12. The van der Waals surface area contributed by atoms with Gasteiger partial charge in [-0.25, -0.2) is 0 Å². The van der Waals surface area contributed by atoms with Crippen LogP contribution in [0, 0.1) is 10.7 Å². The summed E-state index contributed by atoms with van der Waals surface area (Å²) >= 11 is 5.36. The molecule has 0 spiro atoms. The molecule has 2 aromatic rings. The zero-order chi connectivity index (χ0) is 13.1. The molecule has 1 aromatic heterocycles. The van der Waals surface area contributed by atoms with Crippen molar-refractivity contribution in [2.75, 3.05) is 20.8 Å². The van der Waals surface area contributed by atoms with Gasteiger partial charge in [-0.05, 0) is 30.3 Å². The van der Waals surface area contributed by atoms with Crippen LogP contribution in [0.2, 0.25) is 0 Å². The number of H-pyrrole nitrogens is 1. The number of methoxy groups -OCH3 is 2. The van der Waals surface area contributed by atoms with E-state index in [1.54, 1.807) is 14.2 Å². The van der Waals surface area contributed by atoms with Gasteiger partial charge in [-0.1, -0.05) is 6.92 Å². The van der Waals surface area contributed by atoms with Crippen molar-refractivity contribution in [3.05, 3.63) is 23.0 Å². The van der Waals surface area contributed by atoms with Gasteiger partial charge in [0.15, 0.2) is 4.77 Å². The molecule has 0 bridgehead atoms. The Morgan fingerprint density at radius 1 is 1.39 bits per heavy atom. The maximum Gasteiger partial charge on any atom is 0.178 e. The van der Waals surface area contributed by atoms with Crippen molar-refractivity contribution in [2.45, 2.75) is 13.5 Å². The largest absolute Gasteiger partial charge is 0.497 e. The Kier molecular flexibility index (Phi) is 4.04. The topological polar surface area (TPSA) is 39.2 Å². The molecule has 2 rings (SSSR count). The van der Waals surface area contributed by atoms with E-state index in [4.69, 9.17) is 21.7 Å². The van der Waals surface area contributed by atoms with Crippen LogP contribution in [-0.4, -0.2) is 30.4 Å². The van der Waals surface area contributed by atoms with Crippen molar-refractivity contribution < 1.29 is 9.47 Å². The summed E-state index contributed by atoms with van der Waals surface area (Å²) < 4.78 is 13.3. The number of aromatic amines is 1. The lowest BCUT2D eigenvalue weighted by molar-refractivity contribution is 0.152. The molecule has 4 nitrogen and oxygen atoms in total. The maximum absolute atomic E-state index is 5.36. The molecule has 0 radical (unpaired) electrons. The van der Waals surface area contributed by atoms with Crippen molar-refractivity contribution in [1.29, 1.82) is 0 Å². The molecule has 0 aliphatic heterocycles. The average molecular weight is 266 g/mol. The Balaban J connectivity index is 2.41. The Morgan fingerprint density at radius 2 is 2.17 bits per heavy atom. The zero-order valence-corrected chi connectivity index (χ0v) is 11.7. The molecule has 5 heteroatoms. The number of ether oxygens (including phenoxy) is 2. The smallest absolute Gasteiger partial charge is 0.178 e. The third kappa shape index (κ3) is 2.57. The van der Waals surface area contributed by atoms with Gasteiger partial charge in [-0.2, -0.15) is 0 Å². The number of rotatable bonds is 5. The summed E-state index contributed by atoms with van der Waals surface area (Å²) in [6, 6.07) is 5.92. The Bertz CT molecular complexity index is 588. The summed E-state index contributed by atoms with van der Waals surface area (Å²) in [6.45, 7) is 3.70. The molecule has 98 valence electrons. The van der Waals surface area contributed by atoms with Crippen LogP contribution >= 0.6 is 12.2 Å². The lowest BCUT2D eigenvalue weighted by Gasteiger charge is -2.12. The molecule has 0 saturated carbocycles. The van der Waals surface area contributed by atoms with Gasteiger partial charge < -0.3 is 19.0 Å². The molecule has 1 atom stereocenters. The van der Waals surface area contributed by atoms with Crippen LogP contribution < -0.4 is 4.74 Å². The molecule has 0 aliphatic rings. The summed E-state index contributed by atoms with van der Waals surface area (Å²) in [5.74, 6) is 1.25. The highest BCUT2D eigenvalue weighted by atomic mass is 32.1. The number of nitrogens with one attached hydrogen (secondary N) is 1. The number of nitrogens with zero attached hydrogens (tertiary/aromatic N) is 1. The third-order valence-corrected chi connectivity index (χ3v) is 3.25. The van der Waals surface area contributed by atoms with E-state index in [0.29, 0.717) is 5.92 Å². The molecule has 1 heterocycles. The highest BCUT2D eigenvalue weighted by Crippen LogP contribution is 2.21. The van der Waals surface area contributed by atoms with Gasteiger partial charge in [0.1, 0.15) is 5.75 Å². The minimum absolute atomic E-state index is 0.409. The number of imidazole rings is 1. The first-order chi connectivity index (χ1) is 8.65. The molecular formula is C13H18N2O2S. The van der Waals surface area contributed by atoms with Crippen molar-refractivity contribution in [1.82, 2.24) is 9.55 Å². The molecule has 1 N–H and O–H groups in total. The molecular weight excluding hydrogens is 248 g/mol. The van der Waals surface area contributed by atoms with E-state index in [9.17, 15) is 0 Å². The van der Waals surface area contributed by atoms with E-state index in [-0.39, 0.29) is 0 Å². The first-order valence-electron chi connectivity index (χ1n) is 5.91. The predicted molar refractivity (Wildman–Crippen MR) is 74.7 cm³/mol. The summed E-state index contributed by atoms with van der Waals surface area (Å²) in [5.41, 5.74) is 2.10. The van der Waals surface area contributed by atoms with Gasteiger partial charge in [0.2, 0.25) is 0 Å². The molecule has 1 unspecified atom stereocenters. The average Bonchev–Trinajstić information content (AvgIpc) is 2.65. The molecule has 0 amide bonds. The second-order valence-corrected chi connectivity index (χ2v) is 4.87. The van der Waals surface area contributed by atoms with Gasteiger partial charge in [-0.3, -0.25) is 0 Å². The van der Waals surface area contributed by atoms with E-state index in [2.05, 4.69) is 16.5 Å². The number of benzene rings is 1. The van der Waals surface area contributed by atoms with Gasteiger partial charge in [-0.15, -0.1) is 0 Å². The lowest BCUT2D eigenvalue weighted by atomic mass is 10.2. The van der Waals surface area contributed by atoms with Crippen LogP contribution in [0.15, 0.2) is 18.2 Å². The predicted octanol–water partition coefficient (Wildman–Crippen LogP) is 2.99. The van der Waals surface area contributed by atoms with E-state index in [0.717, 1.165) is 34.7 Å². The van der Waals surface area contributed by atoms with E-state index < -0.39 is 0 Å². The molecule has 0 fully saturated rings. The SMILES string of the molecule is COCC(C)Cn1c(=S)[nH]c2ccc(OC)cc21. The minimum Gasteiger partial charge on any atom is -0.497 e. The van der Waals surface area contributed by atoms with Gasteiger partial charge in [0.05, 0.1) is 24.8 Å². The Hall–Kier alpha value is -1.33. The van der Waals surface area contributed by atoms with Crippen LogP contribution in [-0.2, 0) is 11.3 Å². The van der Waals surface area contributed by atoms with E-state index in [1.807, 2.05) is 18.2 Å². The molecule has 18 heavy (non-hydrogen) atoms. The Labute approximate surface area is 112 Å². The van der Waals surface area contributed by atoms with Gasteiger partial charge >= 0.3 is 0 Å². The second kappa shape index (κ2) is 5.54. The summed E-state index contributed by atoms with van der Waals surface area (Å²) in [5, 5.41) is 0. The van der Waals surface area contributed by atoms with Crippen LogP contribution in [0.25, 0.3) is 11.0 Å². The fourth-order valence-corrected chi connectivity index (χ4v) is 2.37. The first-order valence-corrected chi connectivity index (χ1v) is 6.32. The van der Waals surface area contributed by atoms with Gasteiger partial charge in [0, 0.05) is 19.7 Å². The van der Waals surface area contributed by atoms with Crippen LogP contribution in [0.1, 0.15) is 6.92 Å². The number of hydrogen-bond acceptors (Lipinski definition) is 3. The summed E-state index contributed by atoms with van der Waals surface area (Å²) in [6.07, 6.45) is 0. The van der Waals surface area contributed by atoms with Gasteiger partial charge in [0.25, 0.3) is 0 Å². The normalized spacial score (nSPS) is 12.8. The highest BCUT2D eigenvalue weighted by molar-refractivity contribution is 7.71. The number of hydrogen-bond donors (Lipinski definition) is 1. The molecule has 0 saturated heterocycles. The fourth-order valence-electron chi connectivity index (χ4n) is 2.09. The second-order valence-electron chi connectivity index (χ2n) is 4.48. The standard InChI is InChI=1S/C13H18N2O2S/c1-9(8-16-2)7-15-12-6-10(17-3)4-5-11(12)14-13(15)18/h4-6,9H,7-8H2,1-3H3,(H,14,18). The fraction of sp³-hybridized carbons (Fsp3) is 0.462. The van der Waals surface area contributed by atoms with Crippen molar-refractivity contribution >= 4 is 23.3 Å². The van der Waals surface area contributed by atoms with E-state index >= 15 is 0 Å². The van der Waals surface area contributed by atoms with Crippen LogP contribution in [0.3, 0.4) is 0 Å². The molecule has 1 aromatic carbocycles. The highest BCUT2D eigenvalue weighted by Gasteiger charge is 2.09. The van der Waals surface area contributed by atoms with Crippen LogP contribution in [0.5, 0.6) is 5.75 Å². The Morgan fingerprint density at radius 3 is 2.83 bits per heavy atom. The number of aromatic nitrogens is 2. The maximum atomic E-state index is 5.36. The van der Waals surface area contributed by atoms with Crippen molar-refractivity contribution in [3.63, 3.8) is 0 Å². The quantitative estimate of drug-likeness (QED) is 0.846. The van der Waals surface area contributed by atoms with Crippen molar-refractivity contribution in [2.24, 2.45) is 5.92 Å². The van der Waals surface area contributed by atoms with E-state index in [1.165, 1.54) is 0 Å². The zero-order valence-electron chi connectivity index (χ0n) is 10.9. The summed E-state index contributed by atoms with van der Waals surface area (Å²) in [7, 11) is 3.38. The summed E-state index contributed by atoms with van der Waals surface area (Å²) in [4.78, 5) is 3.21. The minimum atomic E-state index is 0.409. The number of fused-ring (bicyclic) bond motifs is 1.